The summed E-state index contributed by atoms with van der Waals surface area (Å²) in [5.74, 6) is -1.72. The van der Waals surface area contributed by atoms with Gasteiger partial charge in [0.25, 0.3) is 0 Å². The van der Waals surface area contributed by atoms with Gasteiger partial charge < -0.3 is 4.74 Å². The lowest BCUT2D eigenvalue weighted by Crippen LogP contribution is -2.37. The Morgan fingerprint density at radius 1 is 1.00 bits per heavy atom. The van der Waals surface area contributed by atoms with Crippen LogP contribution in [-0.4, -0.2) is 22.7 Å². The number of hydrogen-bond donors (Lipinski definition) is 0. The Morgan fingerprint density at radius 3 is 2.00 bits per heavy atom. The first-order valence-electron chi connectivity index (χ1n) is 6.76. The van der Waals surface area contributed by atoms with Gasteiger partial charge in [0.2, 0.25) is 0 Å². The van der Waals surface area contributed by atoms with Crippen LogP contribution in [0.2, 0.25) is 0 Å². The quantitative estimate of drug-likeness (QED) is 0.599. The van der Waals surface area contributed by atoms with Crippen LogP contribution in [-0.2, 0) is 25.1 Å². The Bertz CT molecular complexity index is 738. The van der Waals surface area contributed by atoms with Gasteiger partial charge in [0.15, 0.2) is 0 Å². The van der Waals surface area contributed by atoms with Crippen molar-refractivity contribution in [3.8, 4) is 0 Å². The zero-order chi connectivity index (χ0) is 15.7. The van der Waals surface area contributed by atoms with Crippen LogP contribution in [0.3, 0.4) is 0 Å². The highest BCUT2D eigenvalue weighted by Gasteiger charge is 2.35. The van der Waals surface area contributed by atoms with Gasteiger partial charge in [0, 0.05) is 0 Å². The molecule has 1 amide bonds. The second-order valence-electron chi connectivity index (χ2n) is 4.57. The number of esters is 1. The van der Waals surface area contributed by atoms with E-state index in [1.165, 1.54) is 4.90 Å². The fourth-order valence-electron chi connectivity index (χ4n) is 2.35. The van der Waals surface area contributed by atoms with E-state index in [1.54, 1.807) is 55.5 Å². The number of para-hydroxylation sites is 2. The third-order valence-electron chi connectivity index (χ3n) is 3.26. The smallest absolute Gasteiger partial charge is 0.397 e. The standard InChI is InChI=1S/C16H13NO4S/c1-2-21-16(19)15(18)17-11-7-3-5-9-13(11)22(20)14-10-6-4-8-12(14)17/h3-10H,2H2,1H3. The van der Waals surface area contributed by atoms with Gasteiger partial charge in [-0.2, -0.15) is 0 Å². The molecule has 2 aromatic rings. The zero-order valence-corrected chi connectivity index (χ0v) is 12.6. The highest BCUT2D eigenvalue weighted by molar-refractivity contribution is 7.85. The molecule has 1 aliphatic rings. The number of benzene rings is 2. The number of nitrogens with zero attached hydrogens (tertiary/aromatic N) is 1. The monoisotopic (exact) mass is 315 g/mol. The van der Waals surface area contributed by atoms with Crippen LogP contribution in [0.1, 0.15) is 6.92 Å². The Balaban J connectivity index is 2.18. The third kappa shape index (κ3) is 2.21. The molecule has 3 rings (SSSR count). The van der Waals surface area contributed by atoms with E-state index in [0.717, 1.165) is 0 Å². The van der Waals surface area contributed by atoms with Crippen molar-refractivity contribution >= 4 is 34.1 Å². The van der Waals surface area contributed by atoms with E-state index in [0.29, 0.717) is 21.2 Å². The molecule has 0 saturated heterocycles. The van der Waals surface area contributed by atoms with Crippen molar-refractivity contribution in [2.45, 2.75) is 16.7 Å². The molecule has 1 heterocycles. The SMILES string of the molecule is CCOC(=O)C(=O)N1c2ccccc2S(=O)c2ccccc21. The van der Waals surface area contributed by atoms with E-state index in [-0.39, 0.29) is 6.61 Å². The lowest BCUT2D eigenvalue weighted by atomic mass is 10.2. The Kier molecular flexibility index (Phi) is 3.77. The van der Waals surface area contributed by atoms with Crippen LogP contribution in [0.4, 0.5) is 11.4 Å². The second kappa shape index (κ2) is 5.73. The molecule has 0 spiro atoms. The molecule has 1 aliphatic heterocycles. The summed E-state index contributed by atoms with van der Waals surface area (Å²) >= 11 is 0. The molecular weight excluding hydrogens is 302 g/mol. The molecule has 0 radical (unpaired) electrons. The van der Waals surface area contributed by atoms with E-state index in [1.807, 2.05) is 0 Å². The number of ether oxygens (including phenoxy) is 1. The molecule has 0 N–H and O–H groups in total. The van der Waals surface area contributed by atoms with E-state index >= 15 is 0 Å². The maximum Gasteiger partial charge on any atom is 0.397 e. The van der Waals surface area contributed by atoms with Crippen LogP contribution in [0.5, 0.6) is 0 Å². The van der Waals surface area contributed by atoms with Gasteiger partial charge in [-0.05, 0) is 31.2 Å². The van der Waals surface area contributed by atoms with Gasteiger partial charge in [-0.15, -0.1) is 0 Å². The van der Waals surface area contributed by atoms with Gasteiger partial charge in [-0.25, -0.2) is 9.00 Å². The summed E-state index contributed by atoms with van der Waals surface area (Å²) < 4.78 is 17.4. The largest absolute Gasteiger partial charge is 0.459 e. The molecule has 0 atom stereocenters. The number of hydrogen-bond acceptors (Lipinski definition) is 4. The van der Waals surface area contributed by atoms with Crippen molar-refractivity contribution in [1.82, 2.24) is 0 Å². The van der Waals surface area contributed by atoms with E-state index in [2.05, 4.69) is 0 Å². The number of carbonyl (C=O) groups excluding carboxylic acids is 2. The first-order valence-corrected chi connectivity index (χ1v) is 7.91. The molecule has 0 fully saturated rings. The molecule has 0 bridgehead atoms. The van der Waals surface area contributed by atoms with Crippen molar-refractivity contribution < 1.29 is 18.5 Å². The molecule has 6 heteroatoms. The summed E-state index contributed by atoms with van der Waals surface area (Å²) in [6.07, 6.45) is 0. The summed E-state index contributed by atoms with van der Waals surface area (Å²) in [5, 5.41) is 0. The van der Waals surface area contributed by atoms with Crippen molar-refractivity contribution in [3.05, 3.63) is 48.5 Å². The summed E-state index contributed by atoms with van der Waals surface area (Å²) in [5.41, 5.74) is 0.884. The Hall–Kier alpha value is -2.47. The number of rotatable bonds is 1. The molecule has 2 aromatic carbocycles. The van der Waals surface area contributed by atoms with Gasteiger partial charge in [0.1, 0.15) is 0 Å². The average Bonchev–Trinajstić information content (AvgIpc) is 2.55. The maximum atomic E-state index is 12.6. The van der Waals surface area contributed by atoms with Crippen LogP contribution in [0, 0.1) is 0 Å². The van der Waals surface area contributed by atoms with Crippen LogP contribution in [0.25, 0.3) is 0 Å². The van der Waals surface area contributed by atoms with Gasteiger partial charge in [0.05, 0.1) is 38.6 Å². The van der Waals surface area contributed by atoms with Gasteiger partial charge in [-0.3, -0.25) is 9.69 Å². The molecule has 112 valence electrons. The topological polar surface area (TPSA) is 63.7 Å². The van der Waals surface area contributed by atoms with Crippen LogP contribution < -0.4 is 4.90 Å². The minimum absolute atomic E-state index is 0.119. The fraction of sp³-hybridized carbons (Fsp3) is 0.125. The molecule has 0 saturated carbocycles. The third-order valence-corrected chi connectivity index (χ3v) is 4.75. The van der Waals surface area contributed by atoms with E-state index in [9.17, 15) is 13.8 Å². The first kappa shape index (κ1) is 14.5. The average molecular weight is 315 g/mol. The predicted molar refractivity (Wildman–Crippen MR) is 81.3 cm³/mol. The second-order valence-corrected chi connectivity index (χ2v) is 5.98. The maximum absolute atomic E-state index is 12.6. The van der Waals surface area contributed by atoms with Gasteiger partial charge >= 0.3 is 11.9 Å². The molecule has 0 aromatic heterocycles. The minimum atomic E-state index is -1.39. The van der Waals surface area contributed by atoms with Crippen molar-refractivity contribution in [2.24, 2.45) is 0 Å². The predicted octanol–water partition coefficient (Wildman–Crippen LogP) is 2.39. The number of fused-ring (bicyclic) bond motifs is 2. The first-order chi connectivity index (χ1) is 10.6. The highest BCUT2D eigenvalue weighted by atomic mass is 32.2. The Morgan fingerprint density at radius 2 is 1.50 bits per heavy atom. The Labute approximate surface area is 130 Å². The summed E-state index contributed by atoms with van der Waals surface area (Å²) in [6, 6.07) is 13.7. The van der Waals surface area contributed by atoms with E-state index < -0.39 is 22.7 Å². The normalized spacial score (nSPS) is 13.2. The van der Waals surface area contributed by atoms with Crippen molar-refractivity contribution in [1.29, 1.82) is 0 Å². The summed E-state index contributed by atoms with van der Waals surface area (Å²) in [4.78, 5) is 26.6. The zero-order valence-electron chi connectivity index (χ0n) is 11.8. The highest BCUT2D eigenvalue weighted by Crippen LogP contribution is 2.41. The van der Waals surface area contributed by atoms with E-state index in [4.69, 9.17) is 4.74 Å². The van der Waals surface area contributed by atoms with Crippen molar-refractivity contribution in [2.75, 3.05) is 11.5 Å². The number of anilines is 2. The lowest BCUT2D eigenvalue weighted by Gasteiger charge is -2.29. The molecule has 5 nitrogen and oxygen atoms in total. The van der Waals surface area contributed by atoms with Crippen molar-refractivity contribution in [3.63, 3.8) is 0 Å². The molecular formula is C16H13NO4S. The number of carbonyl (C=O) groups is 2. The lowest BCUT2D eigenvalue weighted by molar-refractivity contribution is -0.152. The molecule has 0 aliphatic carbocycles. The molecule has 22 heavy (non-hydrogen) atoms. The van der Waals surface area contributed by atoms with Crippen LogP contribution in [0.15, 0.2) is 58.3 Å². The molecule has 0 unspecified atom stereocenters. The summed E-state index contributed by atoms with van der Waals surface area (Å²) in [7, 11) is -1.39. The minimum Gasteiger partial charge on any atom is -0.459 e. The number of amides is 1. The summed E-state index contributed by atoms with van der Waals surface area (Å²) in [6.45, 7) is 1.76. The van der Waals surface area contributed by atoms with Crippen LogP contribution >= 0.6 is 0 Å². The van der Waals surface area contributed by atoms with Gasteiger partial charge in [-0.1, -0.05) is 24.3 Å². The fourth-order valence-corrected chi connectivity index (χ4v) is 3.69.